The molecule has 4 heterocycles. The number of hydrogen-bond acceptors (Lipinski definition) is 6. The number of thioether (sulfide) groups is 1. The second-order valence-corrected chi connectivity index (χ2v) is 11.5. The minimum atomic E-state index is -0.237. The van der Waals surface area contributed by atoms with Crippen LogP contribution in [0, 0.1) is 5.92 Å². The summed E-state index contributed by atoms with van der Waals surface area (Å²) in [6.07, 6.45) is 7.36. The third-order valence-corrected chi connectivity index (χ3v) is 9.39. The molecule has 3 fully saturated rings. The van der Waals surface area contributed by atoms with Crippen molar-refractivity contribution in [1.82, 2.24) is 26.3 Å². The van der Waals surface area contributed by atoms with Gasteiger partial charge in [0, 0.05) is 41.1 Å². The maximum atomic E-state index is 13.6. The van der Waals surface area contributed by atoms with Crippen LogP contribution in [0.4, 0.5) is 10.5 Å². The molecule has 1 aliphatic carbocycles. The average Bonchev–Trinajstić information content (AvgIpc) is 3.34. The summed E-state index contributed by atoms with van der Waals surface area (Å²) in [6, 6.07) is 13.1. The molecule has 4 amide bonds. The molecule has 202 valence electrons. The summed E-state index contributed by atoms with van der Waals surface area (Å²) in [5.41, 5.74) is 3.28. The second kappa shape index (κ2) is 10.9. The Labute approximate surface area is 231 Å². The number of hydrogen-bond donors (Lipinski definition) is 4. The van der Waals surface area contributed by atoms with Gasteiger partial charge >= 0.3 is 6.03 Å². The monoisotopic (exact) mass is 544 g/mol. The third kappa shape index (κ3) is 4.94. The predicted octanol–water partition coefficient (Wildman–Crippen LogP) is 3.27. The Morgan fingerprint density at radius 3 is 2.62 bits per heavy atom. The number of rotatable bonds is 6. The maximum Gasteiger partial charge on any atom is 0.326 e. The van der Waals surface area contributed by atoms with Crippen LogP contribution in [0.25, 0.3) is 11.3 Å². The predicted molar refractivity (Wildman–Crippen MR) is 152 cm³/mol. The Kier molecular flexibility index (Phi) is 7.14. The number of nitrogens with one attached hydrogen (secondary N) is 4. The molecule has 3 unspecified atom stereocenters. The smallest absolute Gasteiger partial charge is 0.326 e. The van der Waals surface area contributed by atoms with E-state index in [-0.39, 0.29) is 47.3 Å². The molecule has 4 N–H and O–H groups in total. The molecule has 0 spiro atoms. The fourth-order valence-corrected chi connectivity index (χ4v) is 7.61. The molecule has 1 aromatic carbocycles. The highest BCUT2D eigenvalue weighted by Gasteiger charge is 2.52. The van der Waals surface area contributed by atoms with Crippen LogP contribution in [0.2, 0.25) is 0 Å². The topological polar surface area (TPSA) is 115 Å². The number of amides is 4. The van der Waals surface area contributed by atoms with E-state index in [1.807, 2.05) is 47.4 Å². The molecule has 9 nitrogen and oxygen atoms in total. The molecule has 0 radical (unpaired) electrons. The van der Waals surface area contributed by atoms with E-state index in [2.05, 4.69) is 32.8 Å². The van der Waals surface area contributed by atoms with E-state index in [4.69, 9.17) is 0 Å². The zero-order chi connectivity index (χ0) is 26.9. The first-order chi connectivity index (χ1) is 19.0. The highest BCUT2D eigenvalue weighted by Crippen LogP contribution is 2.48. The van der Waals surface area contributed by atoms with Gasteiger partial charge in [-0.05, 0) is 44.0 Å². The van der Waals surface area contributed by atoms with Crippen molar-refractivity contribution in [3.05, 3.63) is 71.9 Å². The van der Waals surface area contributed by atoms with Crippen molar-refractivity contribution >= 4 is 35.3 Å². The van der Waals surface area contributed by atoms with Gasteiger partial charge in [-0.3, -0.25) is 19.5 Å². The number of urea groups is 1. The van der Waals surface area contributed by atoms with E-state index < -0.39 is 0 Å². The highest BCUT2D eigenvalue weighted by atomic mass is 32.2. The summed E-state index contributed by atoms with van der Waals surface area (Å²) in [5.74, 6) is -0.473. The number of carbonyl (C=O) groups is 3. The van der Waals surface area contributed by atoms with Crippen LogP contribution in [0.5, 0.6) is 0 Å². The number of aromatic nitrogens is 1. The summed E-state index contributed by atoms with van der Waals surface area (Å²) < 4.78 is 0. The van der Waals surface area contributed by atoms with Gasteiger partial charge in [0.25, 0.3) is 5.91 Å². The number of anilines is 1. The lowest BCUT2D eigenvalue weighted by Crippen LogP contribution is -2.62. The molecule has 1 aromatic heterocycles. The average molecular weight is 545 g/mol. The molecule has 10 heteroatoms. The number of pyridine rings is 1. The quantitative estimate of drug-likeness (QED) is 0.415. The van der Waals surface area contributed by atoms with Crippen molar-refractivity contribution in [2.75, 3.05) is 11.4 Å². The first-order valence-corrected chi connectivity index (χ1v) is 14.4. The Morgan fingerprint density at radius 1 is 1.08 bits per heavy atom. The van der Waals surface area contributed by atoms with Crippen molar-refractivity contribution in [2.45, 2.75) is 55.6 Å². The molecular weight excluding hydrogens is 512 g/mol. The van der Waals surface area contributed by atoms with Crippen LogP contribution >= 0.6 is 11.8 Å². The highest BCUT2D eigenvalue weighted by molar-refractivity contribution is 8.04. The summed E-state index contributed by atoms with van der Waals surface area (Å²) in [6.45, 7) is 4.29. The van der Waals surface area contributed by atoms with Crippen LogP contribution in [-0.2, 0) is 9.59 Å². The first kappa shape index (κ1) is 25.6. The Balaban J connectivity index is 1.26. The molecule has 6 rings (SSSR count). The van der Waals surface area contributed by atoms with Gasteiger partial charge in [-0.2, -0.15) is 0 Å². The van der Waals surface area contributed by atoms with Crippen LogP contribution in [-0.4, -0.2) is 52.9 Å². The van der Waals surface area contributed by atoms with Crippen LogP contribution in [0.1, 0.15) is 32.1 Å². The third-order valence-electron chi connectivity index (χ3n) is 8.03. The minimum absolute atomic E-state index is 0.0133. The Hall–Kier alpha value is -3.63. The molecular formula is C29H32N6O3S. The van der Waals surface area contributed by atoms with E-state index in [0.717, 1.165) is 55.6 Å². The SMILES string of the molecule is C=CC(=O)N[C@H]1CCCC[C@H]1NC(=O)C1=C2NC(=O)N(c3ccnc(-c4ccccc4)c3)C3CCNC(S1)C23. The molecule has 4 aliphatic rings. The Bertz CT molecular complexity index is 1330. The van der Waals surface area contributed by atoms with E-state index in [0.29, 0.717) is 10.6 Å². The van der Waals surface area contributed by atoms with Gasteiger partial charge in [-0.15, -0.1) is 0 Å². The zero-order valence-corrected chi connectivity index (χ0v) is 22.4. The summed E-state index contributed by atoms with van der Waals surface area (Å²) in [4.78, 5) is 46.0. The lowest BCUT2D eigenvalue weighted by atomic mass is 9.86. The number of piperidine rings is 1. The van der Waals surface area contributed by atoms with Crippen molar-refractivity contribution < 1.29 is 14.4 Å². The molecule has 3 aliphatic heterocycles. The molecule has 1 saturated carbocycles. The molecule has 0 bridgehead atoms. The fourth-order valence-electron chi connectivity index (χ4n) is 6.21. The van der Waals surface area contributed by atoms with Gasteiger partial charge in [-0.25, -0.2) is 4.79 Å². The van der Waals surface area contributed by atoms with Crippen molar-refractivity contribution in [3.63, 3.8) is 0 Å². The van der Waals surface area contributed by atoms with E-state index in [1.54, 1.807) is 6.20 Å². The normalized spacial score (nSPS) is 27.8. The van der Waals surface area contributed by atoms with Gasteiger partial charge in [0.1, 0.15) is 0 Å². The molecule has 39 heavy (non-hydrogen) atoms. The minimum Gasteiger partial charge on any atom is -0.348 e. The van der Waals surface area contributed by atoms with Gasteiger partial charge in [0.15, 0.2) is 0 Å². The summed E-state index contributed by atoms with van der Waals surface area (Å²) >= 11 is 1.49. The summed E-state index contributed by atoms with van der Waals surface area (Å²) in [5, 5.41) is 12.7. The second-order valence-electron chi connectivity index (χ2n) is 10.4. The number of nitrogens with zero attached hydrogens (tertiary/aromatic N) is 2. The number of benzene rings is 1. The van der Waals surface area contributed by atoms with E-state index in [9.17, 15) is 14.4 Å². The standard InChI is InChI=1S/C29H32N6O3S/c1-2-23(36)32-19-10-6-7-11-20(19)33-27(37)26-25-24-22(13-15-31-28(24)39-26)35(29(38)34-25)18-12-14-30-21(16-18)17-8-4-3-5-9-17/h2-5,8-9,12,14,16,19-20,22,24,28,31H,1,6-7,10-11,13,15H2,(H,32,36)(H,33,37)(H,34,38)/t19-,20+,22?,24?,28?/m0/s1. The van der Waals surface area contributed by atoms with Crippen LogP contribution in [0.15, 0.2) is 71.9 Å². The fraction of sp³-hybridized carbons (Fsp3) is 0.379. The van der Waals surface area contributed by atoms with E-state index >= 15 is 0 Å². The largest absolute Gasteiger partial charge is 0.348 e. The van der Waals surface area contributed by atoms with Gasteiger partial charge in [-0.1, -0.05) is 61.5 Å². The molecule has 2 saturated heterocycles. The van der Waals surface area contributed by atoms with Crippen LogP contribution < -0.4 is 26.2 Å². The molecule has 5 atom stereocenters. The van der Waals surface area contributed by atoms with Crippen molar-refractivity contribution in [2.24, 2.45) is 5.92 Å². The van der Waals surface area contributed by atoms with Gasteiger partial charge in [0.05, 0.1) is 22.0 Å². The zero-order valence-electron chi connectivity index (χ0n) is 21.6. The lowest BCUT2D eigenvalue weighted by molar-refractivity contribution is -0.120. The van der Waals surface area contributed by atoms with Crippen molar-refractivity contribution in [3.8, 4) is 11.3 Å². The first-order valence-electron chi connectivity index (χ1n) is 13.5. The van der Waals surface area contributed by atoms with Crippen molar-refractivity contribution in [1.29, 1.82) is 0 Å². The van der Waals surface area contributed by atoms with Crippen LogP contribution in [0.3, 0.4) is 0 Å². The van der Waals surface area contributed by atoms with Gasteiger partial charge in [0.2, 0.25) is 5.91 Å². The Morgan fingerprint density at radius 2 is 1.85 bits per heavy atom. The van der Waals surface area contributed by atoms with Gasteiger partial charge < -0.3 is 21.3 Å². The van der Waals surface area contributed by atoms with E-state index in [1.165, 1.54) is 17.8 Å². The number of carbonyl (C=O) groups excluding carboxylic acids is 3. The maximum absolute atomic E-state index is 13.6. The summed E-state index contributed by atoms with van der Waals surface area (Å²) in [7, 11) is 0. The lowest BCUT2D eigenvalue weighted by Gasteiger charge is -2.45. The molecule has 2 aromatic rings.